The number of methoxy groups -OCH3 is 1. The van der Waals surface area contributed by atoms with Crippen LogP contribution >= 0.6 is 28.6 Å². The number of hydrogen-bond acceptors (Lipinski definition) is 5. The lowest BCUT2D eigenvalue weighted by Gasteiger charge is -2.18. The van der Waals surface area contributed by atoms with Crippen molar-refractivity contribution >= 4 is 34.6 Å². The monoisotopic (exact) mass is 457 g/mol. The fraction of sp³-hybridized carbons (Fsp3) is 0.350. The molecule has 148 valence electrons. The van der Waals surface area contributed by atoms with E-state index in [1.807, 2.05) is 36.4 Å². The lowest BCUT2D eigenvalue weighted by atomic mass is 10.1. The number of esters is 1. The van der Waals surface area contributed by atoms with Crippen molar-refractivity contribution in [1.82, 2.24) is 5.32 Å². The number of benzene rings is 2. The van der Waals surface area contributed by atoms with Gasteiger partial charge in [0.2, 0.25) is 0 Å². The molecule has 27 heavy (non-hydrogen) atoms. The first-order chi connectivity index (χ1) is 12.5. The number of carbonyl (C=O) groups is 1. The molecule has 0 aliphatic rings. The molecular formula is C20H25BrClNO4. The summed E-state index contributed by atoms with van der Waals surface area (Å²) in [6.07, 6.45) is 0.199. The van der Waals surface area contributed by atoms with E-state index < -0.39 is 12.1 Å². The second kappa shape index (κ2) is 12.0. The zero-order chi connectivity index (χ0) is 18.9. The largest absolute Gasteiger partial charge is 0.482 e. The fourth-order valence-corrected chi connectivity index (χ4v) is 2.69. The van der Waals surface area contributed by atoms with Gasteiger partial charge in [0.25, 0.3) is 0 Å². The first-order valence-corrected chi connectivity index (χ1v) is 8.81. The van der Waals surface area contributed by atoms with E-state index in [1.54, 1.807) is 12.1 Å². The van der Waals surface area contributed by atoms with Crippen LogP contribution in [0.5, 0.6) is 5.75 Å². The third-order valence-electron chi connectivity index (χ3n) is 3.94. The minimum absolute atomic E-state index is 0. The molecule has 0 amide bonds. The lowest BCUT2D eigenvalue weighted by molar-refractivity contribution is -0.142. The average Bonchev–Trinajstić information content (AvgIpc) is 2.65. The van der Waals surface area contributed by atoms with Crippen molar-refractivity contribution in [2.75, 3.05) is 20.3 Å². The van der Waals surface area contributed by atoms with Crippen LogP contribution < -0.4 is 10.1 Å². The Labute approximate surface area is 175 Å². The molecule has 2 atom stereocenters. The standard InChI is InChI=1S/C20H24ClNO4.BrH/c1-14(22-12-19(23)16-4-3-5-17(21)11-16)10-15-6-8-18(9-7-15)26-13-20(24)25-2;/h3-9,11,14,19,22-23H,10,12-13H2,1-2H3;1H/t14?,19-;/m1./s1. The van der Waals surface area contributed by atoms with Crippen LogP contribution in [-0.2, 0) is 16.0 Å². The SMILES string of the molecule is Br.COC(=O)COc1ccc(CC(C)NC[C@@H](O)c2cccc(Cl)c2)cc1. The molecule has 1 unspecified atom stereocenters. The van der Waals surface area contributed by atoms with Gasteiger partial charge in [-0.1, -0.05) is 35.9 Å². The Morgan fingerprint density at radius 1 is 1.22 bits per heavy atom. The predicted octanol–water partition coefficient (Wildman–Crippen LogP) is 3.72. The van der Waals surface area contributed by atoms with E-state index in [0.29, 0.717) is 17.3 Å². The molecule has 0 radical (unpaired) electrons. The van der Waals surface area contributed by atoms with Crippen molar-refractivity contribution in [3.8, 4) is 5.75 Å². The number of hydrogen-bond donors (Lipinski definition) is 2. The lowest BCUT2D eigenvalue weighted by Crippen LogP contribution is -2.32. The van der Waals surface area contributed by atoms with Crippen molar-refractivity contribution in [2.45, 2.75) is 25.5 Å². The summed E-state index contributed by atoms with van der Waals surface area (Å²) in [5.74, 6) is 0.210. The molecule has 0 saturated heterocycles. The van der Waals surface area contributed by atoms with Crippen LogP contribution in [0.25, 0.3) is 0 Å². The number of nitrogens with one attached hydrogen (secondary N) is 1. The molecule has 2 aromatic carbocycles. The highest BCUT2D eigenvalue weighted by Crippen LogP contribution is 2.18. The normalized spacial score (nSPS) is 12.6. The Balaban J connectivity index is 0.00000364. The van der Waals surface area contributed by atoms with Gasteiger partial charge < -0.3 is 19.9 Å². The number of aliphatic hydroxyl groups excluding tert-OH is 1. The van der Waals surface area contributed by atoms with Crippen LogP contribution in [0.1, 0.15) is 24.2 Å². The molecule has 0 aliphatic carbocycles. The third kappa shape index (κ3) is 8.30. The minimum Gasteiger partial charge on any atom is -0.482 e. The summed E-state index contributed by atoms with van der Waals surface area (Å²) in [6, 6.07) is 15.0. The maximum atomic E-state index is 11.1. The van der Waals surface area contributed by atoms with Crippen LogP contribution in [-0.4, -0.2) is 37.4 Å². The van der Waals surface area contributed by atoms with Crippen LogP contribution in [0.2, 0.25) is 5.02 Å². The Bertz CT molecular complexity index is 711. The number of rotatable bonds is 9. The molecule has 2 N–H and O–H groups in total. The Kier molecular flexibility index (Phi) is 10.4. The zero-order valence-electron chi connectivity index (χ0n) is 15.4. The van der Waals surface area contributed by atoms with Crippen LogP contribution in [0, 0.1) is 0 Å². The number of halogens is 2. The Hall–Kier alpha value is -1.60. The summed E-state index contributed by atoms with van der Waals surface area (Å²) < 4.78 is 9.86. The van der Waals surface area contributed by atoms with Gasteiger partial charge >= 0.3 is 5.97 Å². The smallest absolute Gasteiger partial charge is 0.343 e. The van der Waals surface area contributed by atoms with Crippen LogP contribution in [0.4, 0.5) is 0 Å². The van der Waals surface area contributed by atoms with Crippen LogP contribution in [0.15, 0.2) is 48.5 Å². The summed E-state index contributed by atoms with van der Waals surface area (Å²) in [4.78, 5) is 11.1. The van der Waals surface area contributed by atoms with Crippen molar-refractivity contribution < 1.29 is 19.4 Å². The van der Waals surface area contributed by atoms with E-state index in [1.165, 1.54) is 7.11 Å². The van der Waals surface area contributed by atoms with E-state index in [9.17, 15) is 9.90 Å². The molecule has 7 heteroatoms. The number of carbonyl (C=O) groups excluding carboxylic acids is 1. The summed E-state index contributed by atoms with van der Waals surface area (Å²) in [5, 5.41) is 14.2. The topological polar surface area (TPSA) is 67.8 Å². The molecule has 0 fully saturated rings. The van der Waals surface area contributed by atoms with Gasteiger partial charge in [0.1, 0.15) is 5.75 Å². The first-order valence-electron chi connectivity index (χ1n) is 8.43. The predicted molar refractivity (Wildman–Crippen MR) is 112 cm³/mol. The Morgan fingerprint density at radius 2 is 1.93 bits per heavy atom. The molecular weight excluding hydrogens is 434 g/mol. The van der Waals surface area contributed by atoms with Crippen molar-refractivity contribution in [3.05, 3.63) is 64.7 Å². The highest BCUT2D eigenvalue weighted by Gasteiger charge is 2.10. The molecule has 0 bridgehead atoms. The van der Waals surface area contributed by atoms with Gasteiger partial charge in [0.05, 0.1) is 13.2 Å². The van der Waals surface area contributed by atoms with Crippen molar-refractivity contribution in [1.29, 1.82) is 0 Å². The zero-order valence-corrected chi connectivity index (χ0v) is 17.8. The molecule has 0 aromatic heterocycles. The summed E-state index contributed by atoms with van der Waals surface area (Å²) in [5.41, 5.74) is 1.93. The molecule has 0 spiro atoms. The fourth-order valence-electron chi connectivity index (χ4n) is 2.49. The van der Waals surface area contributed by atoms with Gasteiger partial charge in [0.15, 0.2) is 6.61 Å². The van der Waals surface area contributed by atoms with E-state index in [0.717, 1.165) is 17.5 Å². The molecule has 5 nitrogen and oxygen atoms in total. The quantitative estimate of drug-likeness (QED) is 0.561. The highest BCUT2D eigenvalue weighted by molar-refractivity contribution is 8.93. The third-order valence-corrected chi connectivity index (χ3v) is 4.18. The van der Waals surface area contributed by atoms with Gasteiger partial charge in [-0.05, 0) is 48.7 Å². The maximum absolute atomic E-state index is 11.1. The Morgan fingerprint density at radius 3 is 2.56 bits per heavy atom. The van der Waals surface area contributed by atoms with Crippen molar-refractivity contribution in [2.24, 2.45) is 0 Å². The average molecular weight is 459 g/mol. The van der Waals surface area contributed by atoms with Crippen LogP contribution in [0.3, 0.4) is 0 Å². The van der Waals surface area contributed by atoms with Gasteiger partial charge in [-0.2, -0.15) is 0 Å². The number of ether oxygens (including phenoxy) is 2. The van der Waals surface area contributed by atoms with E-state index >= 15 is 0 Å². The van der Waals surface area contributed by atoms with Crippen molar-refractivity contribution in [3.63, 3.8) is 0 Å². The van der Waals surface area contributed by atoms with E-state index in [4.69, 9.17) is 16.3 Å². The van der Waals surface area contributed by atoms with Gasteiger partial charge in [-0.15, -0.1) is 17.0 Å². The summed E-state index contributed by atoms with van der Waals surface area (Å²) in [7, 11) is 1.33. The van der Waals surface area contributed by atoms with Gasteiger partial charge in [-0.25, -0.2) is 4.79 Å². The highest BCUT2D eigenvalue weighted by atomic mass is 79.9. The van der Waals surface area contributed by atoms with Gasteiger partial charge in [0, 0.05) is 17.6 Å². The molecule has 0 saturated carbocycles. The minimum atomic E-state index is -0.606. The maximum Gasteiger partial charge on any atom is 0.343 e. The molecule has 0 heterocycles. The second-order valence-electron chi connectivity index (χ2n) is 6.09. The second-order valence-corrected chi connectivity index (χ2v) is 6.53. The van der Waals surface area contributed by atoms with E-state index in [-0.39, 0.29) is 29.6 Å². The molecule has 2 aromatic rings. The molecule has 0 aliphatic heterocycles. The van der Waals surface area contributed by atoms with Gasteiger partial charge in [-0.3, -0.25) is 0 Å². The number of aliphatic hydroxyl groups is 1. The van der Waals surface area contributed by atoms with E-state index in [2.05, 4.69) is 17.0 Å². The summed E-state index contributed by atoms with van der Waals surface area (Å²) >= 11 is 5.95. The summed E-state index contributed by atoms with van der Waals surface area (Å²) in [6.45, 7) is 2.41. The molecule has 2 rings (SSSR count). The first kappa shape index (κ1) is 23.4.